The number of nitrogens with two attached hydrogens (primary N) is 1. The van der Waals surface area contributed by atoms with Crippen LogP contribution in [0.5, 0.6) is 0 Å². The Hall–Kier alpha value is -1.80. The molecule has 20 heavy (non-hydrogen) atoms. The minimum atomic E-state index is 0.604. The van der Waals surface area contributed by atoms with Crippen LogP contribution in [0.4, 0.5) is 5.69 Å². The molecule has 2 rings (SSSR count). The molecule has 0 fully saturated rings. The zero-order valence-electron chi connectivity index (χ0n) is 12.7. The number of likely N-dealkylation sites (N-methyl/N-ethyl adjacent to an activating group) is 1. The van der Waals surface area contributed by atoms with Crippen molar-refractivity contribution in [2.75, 3.05) is 18.5 Å². The first-order chi connectivity index (χ1) is 9.60. The number of rotatable bonds is 5. The summed E-state index contributed by atoms with van der Waals surface area (Å²) >= 11 is 0. The van der Waals surface area contributed by atoms with E-state index >= 15 is 0 Å². The minimum absolute atomic E-state index is 0.604. The lowest BCUT2D eigenvalue weighted by atomic mass is 10.0. The minimum Gasteiger partial charge on any atom is -0.374 e. The van der Waals surface area contributed by atoms with Gasteiger partial charge in [-0.1, -0.05) is 35.9 Å². The maximum Gasteiger partial charge on any atom is 0.0363 e. The first kappa shape index (κ1) is 14.6. The van der Waals surface area contributed by atoms with Crippen LogP contribution in [0.2, 0.25) is 0 Å². The van der Waals surface area contributed by atoms with Crippen LogP contribution in [0.1, 0.15) is 22.3 Å². The molecule has 0 aromatic heterocycles. The standard InChI is InChI=1S/C18H24N2/c1-14-4-7-17(15(2)12-14)10-11-20(3)18-8-5-16(13-19)6-9-18/h4-9,12H,10-11,13,19H2,1-3H3. The quantitative estimate of drug-likeness (QED) is 0.900. The van der Waals surface area contributed by atoms with Gasteiger partial charge in [0.25, 0.3) is 0 Å². The van der Waals surface area contributed by atoms with Gasteiger partial charge in [0, 0.05) is 25.8 Å². The summed E-state index contributed by atoms with van der Waals surface area (Å²) in [5.41, 5.74) is 12.2. The van der Waals surface area contributed by atoms with Gasteiger partial charge in [-0.2, -0.15) is 0 Å². The van der Waals surface area contributed by atoms with E-state index in [4.69, 9.17) is 5.73 Å². The van der Waals surface area contributed by atoms with Crippen LogP contribution in [0, 0.1) is 13.8 Å². The fourth-order valence-electron chi connectivity index (χ4n) is 2.43. The Balaban J connectivity index is 1.98. The summed E-state index contributed by atoms with van der Waals surface area (Å²) < 4.78 is 0. The molecule has 0 saturated carbocycles. The SMILES string of the molecule is Cc1ccc(CCN(C)c2ccc(CN)cc2)c(C)c1. The molecule has 0 spiro atoms. The van der Waals surface area contributed by atoms with Gasteiger partial charge in [-0.3, -0.25) is 0 Å². The van der Waals surface area contributed by atoms with E-state index in [-0.39, 0.29) is 0 Å². The molecule has 0 aliphatic carbocycles. The van der Waals surface area contributed by atoms with Crippen molar-refractivity contribution in [1.29, 1.82) is 0 Å². The lowest BCUT2D eigenvalue weighted by molar-refractivity contribution is 0.870. The molecule has 0 unspecified atom stereocenters. The molecule has 0 saturated heterocycles. The average Bonchev–Trinajstić information content (AvgIpc) is 2.46. The molecule has 0 radical (unpaired) electrons. The lowest BCUT2D eigenvalue weighted by Crippen LogP contribution is -2.20. The maximum absolute atomic E-state index is 5.63. The van der Waals surface area contributed by atoms with E-state index in [9.17, 15) is 0 Å². The molecule has 0 aliphatic rings. The second-order valence-electron chi connectivity index (χ2n) is 5.47. The third-order valence-electron chi connectivity index (χ3n) is 3.83. The van der Waals surface area contributed by atoms with Gasteiger partial charge in [-0.05, 0) is 49.1 Å². The highest BCUT2D eigenvalue weighted by Gasteiger charge is 2.03. The Morgan fingerprint density at radius 3 is 2.30 bits per heavy atom. The van der Waals surface area contributed by atoms with Crippen LogP contribution in [0.3, 0.4) is 0 Å². The maximum atomic E-state index is 5.63. The lowest BCUT2D eigenvalue weighted by Gasteiger charge is -2.20. The van der Waals surface area contributed by atoms with Crippen molar-refractivity contribution < 1.29 is 0 Å². The van der Waals surface area contributed by atoms with Gasteiger partial charge in [-0.25, -0.2) is 0 Å². The van der Waals surface area contributed by atoms with Crippen LogP contribution in [-0.4, -0.2) is 13.6 Å². The van der Waals surface area contributed by atoms with Gasteiger partial charge in [0.15, 0.2) is 0 Å². The summed E-state index contributed by atoms with van der Waals surface area (Å²) in [6.45, 7) is 5.96. The third-order valence-corrected chi connectivity index (χ3v) is 3.83. The molecule has 0 bridgehead atoms. The summed E-state index contributed by atoms with van der Waals surface area (Å²) in [7, 11) is 2.14. The van der Waals surface area contributed by atoms with E-state index in [0.717, 1.165) is 13.0 Å². The number of aryl methyl sites for hydroxylation is 2. The third kappa shape index (κ3) is 3.61. The topological polar surface area (TPSA) is 29.3 Å². The monoisotopic (exact) mass is 268 g/mol. The van der Waals surface area contributed by atoms with Gasteiger partial charge in [-0.15, -0.1) is 0 Å². The van der Waals surface area contributed by atoms with Crippen molar-refractivity contribution >= 4 is 5.69 Å². The molecule has 0 amide bonds. The van der Waals surface area contributed by atoms with Crippen LogP contribution in [-0.2, 0) is 13.0 Å². The largest absolute Gasteiger partial charge is 0.374 e. The second-order valence-corrected chi connectivity index (χ2v) is 5.47. The molecular formula is C18H24N2. The second kappa shape index (κ2) is 6.58. The van der Waals surface area contributed by atoms with Crippen LogP contribution >= 0.6 is 0 Å². The van der Waals surface area contributed by atoms with Crippen LogP contribution in [0.15, 0.2) is 42.5 Å². The Labute approximate surface area is 122 Å². The van der Waals surface area contributed by atoms with Crippen molar-refractivity contribution in [2.45, 2.75) is 26.8 Å². The molecule has 0 aliphatic heterocycles. The fraction of sp³-hybridized carbons (Fsp3) is 0.333. The Kier molecular flexibility index (Phi) is 4.80. The average molecular weight is 268 g/mol. The number of hydrogen-bond donors (Lipinski definition) is 1. The van der Waals surface area contributed by atoms with E-state index in [2.05, 4.69) is 68.3 Å². The van der Waals surface area contributed by atoms with Gasteiger partial charge in [0.05, 0.1) is 0 Å². The zero-order chi connectivity index (χ0) is 14.5. The highest BCUT2D eigenvalue weighted by Crippen LogP contribution is 2.16. The van der Waals surface area contributed by atoms with Gasteiger partial charge < -0.3 is 10.6 Å². The molecule has 0 atom stereocenters. The highest BCUT2D eigenvalue weighted by molar-refractivity contribution is 5.47. The molecule has 2 N–H and O–H groups in total. The molecule has 0 heterocycles. The molecule has 2 heteroatoms. The molecule has 2 aromatic carbocycles. The number of benzene rings is 2. The van der Waals surface area contributed by atoms with Crippen molar-refractivity contribution in [3.8, 4) is 0 Å². The predicted molar refractivity (Wildman–Crippen MR) is 87.2 cm³/mol. The Morgan fingerprint density at radius 2 is 1.70 bits per heavy atom. The molecule has 2 nitrogen and oxygen atoms in total. The molecular weight excluding hydrogens is 244 g/mol. The van der Waals surface area contributed by atoms with E-state index in [1.807, 2.05) is 0 Å². The number of anilines is 1. The normalized spacial score (nSPS) is 10.6. The van der Waals surface area contributed by atoms with E-state index < -0.39 is 0 Å². The highest BCUT2D eigenvalue weighted by atomic mass is 15.1. The summed E-state index contributed by atoms with van der Waals surface area (Å²) in [6, 6.07) is 15.2. The molecule has 106 valence electrons. The van der Waals surface area contributed by atoms with Crippen LogP contribution < -0.4 is 10.6 Å². The first-order valence-corrected chi connectivity index (χ1v) is 7.16. The van der Waals surface area contributed by atoms with Crippen molar-refractivity contribution in [1.82, 2.24) is 0 Å². The van der Waals surface area contributed by atoms with Crippen molar-refractivity contribution in [3.05, 3.63) is 64.7 Å². The van der Waals surface area contributed by atoms with Gasteiger partial charge in [0.1, 0.15) is 0 Å². The first-order valence-electron chi connectivity index (χ1n) is 7.16. The molecule has 2 aromatic rings. The van der Waals surface area contributed by atoms with Gasteiger partial charge >= 0.3 is 0 Å². The smallest absolute Gasteiger partial charge is 0.0363 e. The predicted octanol–water partition coefficient (Wildman–Crippen LogP) is 3.44. The van der Waals surface area contributed by atoms with E-state index in [0.29, 0.717) is 6.54 Å². The van der Waals surface area contributed by atoms with Crippen molar-refractivity contribution in [3.63, 3.8) is 0 Å². The van der Waals surface area contributed by atoms with Gasteiger partial charge in [0.2, 0.25) is 0 Å². The van der Waals surface area contributed by atoms with Crippen LogP contribution in [0.25, 0.3) is 0 Å². The Morgan fingerprint density at radius 1 is 1.00 bits per heavy atom. The summed E-state index contributed by atoms with van der Waals surface area (Å²) in [6.07, 6.45) is 1.07. The van der Waals surface area contributed by atoms with E-state index in [1.165, 1.54) is 27.9 Å². The summed E-state index contributed by atoms with van der Waals surface area (Å²) in [5.74, 6) is 0. The number of hydrogen-bond acceptors (Lipinski definition) is 2. The zero-order valence-corrected chi connectivity index (χ0v) is 12.7. The Bertz CT molecular complexity index is 558. The summed E-state index contributed by atoms with van der Waals surface area (Å²) in [4.78, 5) is 2.29. The summed E-state index contributed by atoms with van der Waals surface area (Å²) in [5, 5.41) is 0. The van der Waals surface area contributed by atoms with Crippen molar-refractivity contribution in [2.24, 2.45) is 5.73 Å². The fourth-order valence-corrected chi connectivity index (χ4v) is 2.43. The number of nitrogens with zero attached hydrogens (tertiary/aromatic N) is 1. The van der Waals surface area contributed by atoms with E-state index in [1.54, 1.807) is 0 Å².